The zero-order valence-electron chi connectivity index (χ0n) is 15.4. The number of ether oxygens (including phenoxy) is 1. The van der Waals surface area contributed by atoms with E-state index in [1.54, 1.807) is 12.5 Å². The maximum absolute atomic E-state index is 6.31. The van der Waals surface area contributed by atoms with E-state index >= 15 is 0 Å². The highest BCUT2D eigenvalue weighted by molar-refractivity contribution is 5.20. The van der Waals surface area contributed by atoms with E-state index in [4.69, 9.17) is 9.72 Å². The predicted molar refractivity (Wildman–Crippen MR) is 101 cm³/mol. The van der Waals surface area contributed by atoms with Gasteiger partial charge in [-0.3, -0.25) is 4.98 Å². The molecule has 138 valence electrons. The molecule has 1 aliphatic heterocycles. The van der Waals surface area contributed by atoms with Gasteiger partial charge in [-0.15, -0.1) is 0 Å². The molecule has 0 amide bonds. The SMILES string of the molecule is c1ccc([C@]2(CCNCc3ccncn3)CCOC3(CCCC3)C2)nc1. The quantitative estimate of drug-likeness (QED) is 0.807. The summed E-state index contributed by atoms with van der Waals surface area (Å²) in [5.74, 6) is 0. The maximum atomic E-state index is 6.31. The fourth-order valence-electron chi connectivity index (χ4n) is 4.76. The Kier molecular flexibility index (Phi) is 5.27. The molecule has 2 aromatic heterocycles. The zero-order valence-corrected chi connectivity index (χ0v) is 15.4. The fourth-order valence-corrected chi connectivity index (χ4v) is 4.76. The first-order valence-electron chi connectivity index (χ1n) is 9.82. The van der Waals surface area contributed by atoms with Crippen LogP contribution in [0.15, 0.2) is 43.0 Å². The van der Waals surface area contributed by atoms with Crippen molar-refractivity contribution in [2.24, 2.45) is 0 Å². The maximum Gasteiger partial charge on any atom is 0.115 e. The fraction of sp³-hybridized carbons (Fsp3) is 0.571. The lowest BCUT2D eigenvalue weighted by atomic mass is 9.68. The smallest absolute Gasteiger partial charge is 0.115 e. The van der Waals surface area contributed by atoms with E-state index in [9.17, 15) is 0 Å². The summed E-state index contributed by atoms with van der Waals surface area (Å²) in [5, 5.41) is 3.56. The van der Waals surface area contributed by atoms with E-state index in [0.29, 0.717) is 0 Å². The Balaban J connectivity index is 1.46. The Morgan fingerprint density at radius 2 is 1.96 bits per heavy atom. The molecule has 1 atom stereocenters. The normalized spacial score (nSPS) is 24.8. The van der Waals surface area contributed by atoms with Crippen molar-refractivity contribution in [1.29, 1.82) is 0 Å². The number of nitrogens with one attached hydrogen (secondary N) is 1. The van der Waals surface area contributed by atoms with E-state index < -0.39 is 0 Å². The minimum Gasteiger partial charge on any atom is -0.375 e. The third kappa shape index (κ3) is 3.79. The number of rotatable bonds is 6. The molecule has 4 rings (SSSR count). The Morgan fingerprint density at radius 3 is 2.73 bits per heavy atom. The van der Waals surface area contributed by atoms with E-state index in [1.807, 2.05) is 18.3 Å². The number of pyridine rings is 1. The summed E-state index contributed by atoms with van der Waals surface area (Å²) in [6.07, 6.45) is 13.6. The van der Waals surface area contributed by atoms with E-state index in [1.165, 1.54) is 31.4 Å². The number of hydrogen-bond donors (Lipinski definition) is 1. The first-order chi connectivity index (χ1) is 12.8. The molecule has 1 spiro atoms. The Bertz CT molecular complexity index is 688. The lowest BCUT2D eigenvalue weighted by Gasteiger charge is -2.46. The van der Waals surface area contributed by atoms with Gasteiger partial charge in [-0.1, -0.05) is 18.9 Å². The minimum absolute atomic E-state index is 0.0857. The summed E-state index contributed by atoms with van der Waals surface area (Å²) < 4.78 is 6.31. The van der Waals surface area contributed by atoms with Crippen molar-refractivity contribution in [3.63, 3.8) is 0 Å². The Labute approximate surface area is 155 Å². The summed E-state index contributed by atoms with van der Waals surface area (Å²) >= 11 is 0. The molecule has 2 aliphatic rings. The molecule has 0 unspecified atom stereocenters. The lowest BCUT2D eigenvalue weighted by molar-refractivity contribution is -0.104. The number of hydrogen-bond acceptors (Lipinski definition) is 5. The van der Waals surface area contributed by atoms with Crippen molar-refractivity contribution >= 4 is 0 Å². The molecular formula is C21H28N4O. The third-order valence-electron chi connectivity index (χ3n) is 6.10. The van der Waals surface area contributed by atoms with Crippen LogP contribution in [0.5, 0.6) is 0 Å². The molecule has 1 N–H and O–H groups in total. The van der Waals surface area contributed by atoms with Crippen LogP contribution in [0, 0.1) is 0 Å². The van der Waals surface area contributed by atoms with Gasteiger partial charge in [0.05, 0.1) is 11.3 Å². The van der Waals surface area contributed by atoms with Gasteiger partial charge >= 0.3 is 0 Å². The van der Waals surface area contributed by atoms with Crippen molar-refractivity contribution in [3.05, 3.63) is 54.4 Å². The monoisotopic (exact) mass is 352 g/mol. The first kappa shape index (κ1) is 17.6. The van der Waals surface area contributed by atoms with Crippen molar-refractivity contribution in [2.75, 3.05) is 13.2 Å². The second kappa shape index (κ2) is 7.80. The highest BCUT2D eigenvalue weighted by atomic mass is 16.5. The minimum atomic E-state index is 0.0857. The van der Waals surface area contributed by atoms with Crippen LogP contribution in [0.2, 0.25) is 0 Å². The molecule has 0 radical (unpaired) electrons. The van der Waals surface area contributed by atoms with E-state index in [0.717, 1.165) is 44.7 Å². The van der Waals surface area contributed by atoms with Crippen molar-refractivity contribution in [1.82, 2.24) is 20.3 Å². The molecule has 0 bridgehead atoms. The summed E-state index contributed by atoms with van der Waals surface area (Å²) in [6.45, 7) is 2.58. The number of nitrogens with zero attached hydrogens (tertiary/aromatic N) is 3. The van der Waals surface area contributed by atoms with Crippen LogP contribution in [0.25, 0.3) is 0 Å². The van der Waals surface area contributed by atoms with E-state index in [-0.39, 0.29) is 11.0 Å². The van der Waals surface area contributed by atoms with Crippen molar-refractivity contribution in [2.45, 2.75) is 62.5 Å². The molecule has 5 heteroatoms. The molecule has 1 saturated heterocycles. The van der Waals surface area contributed by atoms with Crippen LogP contribution in [0.4, 0.5) is 0 Å². The van der Waals surface area contributed by atoms with Gasteiger partial charge in [-0.2, -0.15) is 0 Å². The standard InChI is InChI=1S/C21H28N4O/c1-4-11-24-19(5-1)20(9-13-22-15-18-6-12-23-17-25-18)10-14-26-21(16-20)7-2-3-8-21/h1,4-6,11-12,17,22H,2-3,7-10,13-16H2/t20-/m1/s1. The molecule has 3 heterocycles. The van der Waals surface area contributed by atoms with Gasteiger partial charge in [0.1, 0.15) is 6.33 Å². The van der Waals surface area contributed by atoms with Gasteiger partial charge in [-0.25, -0.2) is 9.97 Å². The van der Waals surface area contributed by atoms with Crippen LogP contribution in [-0.4, -0.2) is 33.7 Å². The summed E-state index contributed by atoms with van der Waals surface area (Å²) in [7, 11) is 0. The van der Waals surface area contributed by atoms with Gasteiger partial charge in [0, 0.05) is 36.7 Å². The molecule has 2 aromatic rings. The third-order valence-corrected chi connectivity index (χ3v) is 6.10. The second-order valence-electron chi connectivity index (χ2n) is 7.79. The molecule has 26 heavy (non-hydrogen) atoms. The van der Waals surface area contributed by atoms with Gasteiger partial charge < -0.3 is 10.1 Å². The van der Waals surface area contributed by atoms with Crippen LogP contribution >= 0.6 is 0 Å². The highest BCUT2D eigenvalue weighted by Crippen LogP contribution is 2.49. The van der Waals surface area contributed by atoms with Crippen LogP contribution in [0.3, 0.4) is 0 Å². The molecule has 1 saturated carbocycles. The first-order valence-corrected chi connectivity index (χ1v) is 9.82. The summed E-state index contributed by atoms with van der Waals surface area (Å²) in [6, 6.07) is 8.30. The Hall–Kier alpha value is -1.85. The van der Waals surface area contributed by atoms with Crippen molar-refractivity contribution < 1.29 is 4.74 Å². The largest absolute Gasteiger partial charge is 0.375 e. The molecular weight excluding hydrogens is 324 g/mol. The van der Waals surface area contributed by atoms with Crippen LogP contribution in [-0.2, 0) is 16.7 Å². The van der Waals surface area contributed by atoms with E-state index in [2.05, 4.69) is 27.4 Å². The van der Waals surface area contributed by atoms with Gasteiger partial charge in [0.25, 0.3) is 0 Å². The topological polar surface area (TPSA) is 59.9 Å². The van der Waals surface area contributed by atoms with Crippen LogP contribution < -0.4 is 5.32 Å². The molecule has 2 fully saturated rings. The zero-order chi connectivity index (χ0) is 17.7. The average Bonchev–Trinajstić information content (AvgIpc) is 3.14. The predicted octanol–water partition coefficient (Wildman–Crippen LogP) is 3.41. The van der Waals surface area contributed by atoms with Crippen molar-refractivity contribution in [3.8, 4) is 0 Å². The Morgan fingerprint density at radius 1 is 1.04 bits per heavy atom. The number of aromatic nitrogens is 3. The summed E-state index contributed by atoms with van der Waals surface area (Å²) in [4.78, 5) is 13.0. The highest BCUT2D eigenvalue weighted by Gasteiger charge is 2.48. The summed E-state index contributed by atoms with van der Waals surface area (Å²) in [5.41, 5.74) is 2.47. The second-order valence-corrected chi connectivity index (χ2v) is 7.79. The molecule has 0 aromatic carbocycles. The van der Waals surface area contributed by atoms with Gasteiger partial charge in [0.2, 0.25) is 0 Å². The van der Waals surface area contributed by atoms with Gasteiger partial charge in [0.15, 0.2) is 0 Å². The molecule has 5 nitrogen and oxygen atoms in total. The van der Waals surface area contributed by atoms with Gasteiger partial charge in [-0.05, 0) is 56.8 Å². The molecule has 1 aliphatic carbocycles. The lowest BCUT2D eigenvalue weighted by Crippen LogP contribution is -2.47. The van der Waals surface area contributed by atoms with Crippen LogP contribution in [0.1, 0.15) is 56.3 Å². The average molecular weight is 352 g/mol.